The minimum atomic E-state index is 0.0382. The van der Waals surface area contributed by atoms with Crippen LogP contribution < -0.4 is 9.47 Å². The van der Waals surface area contributed by atoms with Gasteiger partial charge in [0.1, 0.15) is 11.5 Å². The maximum Gasteiger partial charge on any atom is 0.254 e. The molecule has 3 aromatic carbocycles. The SMILES string of the molecule is COc1ccc(-c2cc(C(=O)N3CCN(C/C=C/c4ccccc4)CC3)c3cc(C)ccc3n2)c(OC)c1. The highest BCUT2D eigenvalue weighted by molar-refractivity contribution is 6.07. The summed E-state index contributed by atoms with van der Waals surface area (Å²) in [6.45, 7) is 5.97. The fourth-order valence-electron chi connectivity index (χ4n) is 4.87. The summed E-state index contributed by atoms with van der Waals surface area (Å²) in [6, 6.07) is 23.9. The molecular formula is C32H33N3O3. The van der Waals surface area contributed by atoms with Crippen LogP contribution in [0.2, 0.25) is 0 Å². The fraction of sp³-hybridized carbons (Fsp3) is 0.250. The van der Waals surface area contributed by atoms with E-state index in [0.29, 0.717) is 35.8 Å². The van der Waals surface area contributed by atoms with Gasteiger partial charge in [0, 0.05) is 49.7 Å². The van der Waals surface area contributed by atoms with Crippen LogP contribution in [0.25, 0.3) is 28.2 Å². The number of fused-ring (bicyclic) bond motifs is 1. The molecule has 0 radical (unpaired) electrons. The molecule has 1 aromatic heterocycles. The first kappa shape index (κ1) is 25.5. The molecule has 0 spiro atoms. The minimum absolute atomic E-state index is 0.0382. The molecule has 1 saturated heterocycles. The summed E-state index contributed by atoms with van der Waals surface area (Å²) in [4.78, 5) is 23.1. The average Bonchev–Trinajstić information content (AvgIpc) is 2.97. The third-order valence-corrected chi connectivity index (χ3v) is 7.01. The first-order valence-corrected chi connectivity index (χ1v) is 12.9. The Morgan fingerprint density at radius 3 is 2.45 bits per heavy atom. The molecule has 0 N–H and O–H groups in total. The Morgan fingerprint density at radius 1 is 0.921 bits per heavy atom. The number of nitrogens with zero attached hydrogens (tertiary/aromatic N) is 3. The summed E-state index contributed by atoms with van der Waals surface area (Å²) in [7, 11) is 3.25. The second-order valence-corrected chi connectivity index (χ2v) is 9.55. The van der Waals surface area contributed by atoms with Gasteiger partial charge in [-0.3, -0.25) is 9.69 Å². The van der Waals surface area contributed by atoms with E-state index in [2.05, 4.69) is 35.3 Å². The van der Waals surface area contributed by atoms with Crippen LogP contribution in [-0.2, 0) is 0 Å². The Balaban J connectivity index is 1.38. The van der Waals surface area contributed by atoms with E-state index in [1.54, 1.807) is 14.2 Å². The monoisotopic (exact) mass is 507 g/mol. The van der Waals surface area contributed by atoms with Gasteiger partial charge in [0.25, 0.3) is 5.91 Å². The van der Waals surface area contributed by atoms with Crippen molar-refractivity contribution in [3.05, 3.63) is 95.6 Å². The number of ether oxygens (including phenoxy) is 2. The van der Waals surface area contributed by atoms with E-state index < -0.39 is 0 Å². The van der Waals surface area contributed by atoms with Crippen LogP contribution in [0.4, 0.5) is 0 Å². The van der Waals surface area contributed by atoms with Crippen molar-refractivity contribution < 1.29 is 14.3 Å². The number of rotatable bonds is 7. The standard InChI is InChI=1S/C32H33N3O3/c1-23-11-14-29-27(20-23)28(22-30(33-29)26-13-12-25(37-2)21-31(26)38-3)32(36)35-18-16-34(17-19-35)15-7-10-24-8-5-4-6-9-24/h4-14,20-22H,15-19H2,1-3H3/b10-7+. The van der Waals surface area contributed by atoms with Crippen molar-refractivity contribution in [2.24, 2.45) is 0 Å². The Labute approximate surface area is 224 Å². The number of benzene rings is 3. The van der Waals surface area contributed by atoms with Gasteiger partial charge in [-0.05, 0) is 42.8 Å². The van der Waals surface area contributed by atoms with Gasteiger partial charge in [-0.2, -0.15) is 0 Å². The van der Waals surface area contributed by atoms with Gasteiger partial charge in [0.05, 0.1) is 31.0 Å². The van der Waals surface area contributed by atoms with E-state index in [9.17, 15) is 4.79 Å². The van der Waals surface area contributed by atoms with Gasteiger partial charge in [-0.25, -0.2) is 4.98 Å². The molecule has 38 heavy (non-hydrogen) atoms. The van der Waals surface area contributed by atoms with Crippen LogP contribution in [0.1, 0.15) is 21.5 Å². The maximum absolute atomic E-state index is 13.9. The van der Waals surface area contributed by atoms with Gasteiger partial charge in [-0.15, -0.1) is 0 Å². The van der Waals surface area contributed by atoms with Crippen molar-refractivity contribution >= 4 is 22.9 Å². The molecule has 194 valence electrons. The number of hydrogen-bond acceptors (Lipinski definition) is 5. The molecule has 1 fully saturated rings. The number of piperazine rings is 1. The zero-order valence-electron chi connectivity index (χ0n) is 22.2. The van der Waals surface area contributed by atoms with Crippen molar-refractivity contribution in [2.75, 3.05) is 46.9 Å². The lowest BCUT2D eigenvalue weighted by molar-refractivity contribution is 0.0652. The highest BCUT2D eigenvalue weighted by atomic mass is 16.5. The topological polar surface area (TPSA) is 54.9 Å². The number of carbonyl (C=O) groups is 1. The van der Waals surface area contributed by atoms with Crippen molar-refractivity contribution in [1.82, 2.24) is 14.8 Å². The Morgan fingerprint density at radius 2 is 1.71 bits per heavy atom. The number of aryl methyl sites for hydroxylation is 1. The lowest BCUT2D eigenvalue weighted by Gasteiger charge is -2.34. The molecule has 0 bridgehead atoms. The van der Waals surface area contributed by atoms with Gasteiger partial charge >= 0.3 is 0 Å². The van der Waals surface area contributed by atoms with Crippen molar-refractivity contribution in [2.45, 2.75) is 6.92 Å². The molecule has 6 heteroatoms. The molecule has 4 aromatic rings. The van der Waals surface area contributed by atoms with E-state index in [0.717, 1.165) is 41.7 Å². The quantitative estimate of drug-likeness (QED) is 0.321. The molecule has 2 heterocycles. The molecule has 5 rings (SSSR count). The zero-order chi connectivity index (χ0) is 26.5. The van der Waals surface area contributed by atoms with Gasteiger partial charge in [0.2, 0.25) is 0 Å². The summed E-state index contributed by atoms with van der Waals surface area (Å²) in [6.07, 6.45) is 4.35. The molecule has 6 nitrogen and oxygen atoms in total. The van der Waals surface area contributed by atoms with Crippen LogP contribution in [0.3, 0.4) is 0 Å². The first-order valence-electron chi connectivity index (χ1n) is 12.9. The van der Waals surface area contributed by atoms with Gasteiger partial charge in [-0.1, -0.05) is 54.1 Å². The van der Waals surface area contributed by atoms with E-state index in [1.165, 1.54) is 5.56 Å². The molecule has 0 aliphatic carbocycles. The first-order chi connectivity index (χ1) is 18.6. The molecule has 0 atom stereocenters. The van der Waals surface area contributed by atoms with Gasteiger partial charge < -0.3 is 14.4 Å². The van der Waals surface area contributed by atoms with Crippen LogP contribution in [0.15, 0.2) is 78.9 Å². The summed E-state index contributed by atoms with van der Waals surface area (Å²) in [5.41, 5.74) is 5.28. The van der Waals surface area contributed by atoms with Crippen LogP contribution in [-0.4, -0.2) is 67.6 Å². The number of carbonyl (C=O) groups excluding carboxylic acids is 1. The molecule has 0 saturated carbocycles. The van der Waals surface area contributed by atoms with Crippen molar-refractivity contribution in [3.8, 4) is 22.8 Å². The van der Waals surface area contributed by atoms with E-state index in [4.69, 9.17) is 14.5 Å². The zero-order valence-corrected chi connectivity index (χ0v) is 22.2. The summed E-state index contributed by atoms with van der Waals surface area (Å²) in [5.74, 6) is 1.39. The van der Waals surface area contributed by atoms with E-state index in [1.807, 2.05) is 66.4 Å². The smallest absolute Gasteiger partial charge is 0.254 e. The average molecular weight is 508 g/mol. The molecule has 1 amide bonds. The summed E-state index contributed by atoms with van der Waals surface area (Å²) >= 11 is 0. The predicted molar refractivity (Wildman–Crippen MR) is 153 cm³/mol. The lowest BCUT2D eigenvalue weighted by atomic mass is 10.0. The Kier molecular flexibility index (Phi) is 7.70. The van der Waals surface area contributed by atoms with Crippen LogP contribution in [0, 0.1) is 6.92 Å². The summed E-state index contributed by atoms with van der Waals surface area (Å²) in [5, 5.41) is 0.874. The summed E-state index contributed by atoms with van der Waals surface area (Å²) < 4.78 is 11.0. The number of aromatic nitrogens is 1. The molecule has 0 unspecified atom stereocenters. The highest BCUT2D eigenvalue weighted by Gasteiger charge is 2.24. The minimum Gasteiger partial charge on any atom is -0.497 e. The normalized spacial score (nSPS) is 14.2. The second-order valence-electron chi connectivity index (χ2n) is 9.55. The largest absolute Gasteiger partial charge is 0.497 e. The number of hydrogen-bond donors (Lipinski definition) is 0. The third kappa shape index (κ3) is 5.55. The van der Waals surface area contributed by atoms with E-state index >= 15 is 0 Å². The number of methoxy groups -OCH3 is 2. The second kappa shape index (κ2) is 11.5. The highest BCUT2D eigenvalue weighted by Crippen LogP contribution is 2.35. The number of amides is 1. The van der Waals surface area contributed by atoms with Crippen LogP contribution >= 0.6 is 0 Å². The van der Waals surface area contributed by atoms with Crippen molar-refractivity contribution in [3.63, 3.8) is 0 Å². The Bertz CT molecular complexity index is 1460. The molecular weight excluding hydrogens is 474 g/mol. The number of pyridine rings is 1. The Hall–Kier alpha value is -4.16. The molecule has 1 aliphatic rings. The van der Waals surface area contributed by atoms with Crippen molar-refractivity contribution in [1.29, 1.82) is 0 Å². The van der Waals surface area contributed by atoms with Gasteiger partial charge in [0.15, 0.2) is 0 Å². The molecule has 1 aliphatic heterocycles. The van der Waals surface area contributed by atoms with Crippen LogP contribution in [0.5, 0.6) is 11.5 Å². The maximum atomic E-state index is 13.9. The van der Waals surface area contributed by atoms with E-state index in [-0.39, 0.29) is 5.91 Å². The predicted octanol–water partition coefficient (Wildman–Crippen LogP) is 5.70. The fourth-order valence-corrected chi connectivity index (χ4v) is 4.87. The lowest BCUT2D eigenvalue weighted by Crippen LogP contribution is -2.48. The third-order valence-electron chi connectivity index (χ3n) is 7.01.